The number of fused-ring (bicyclic) bond motifs is 2. The number of nitrogens with one attached hydrogen (secondary N) is 1. The molecule has 0 radical (unpaired) electrons. The van der Waals surface area contributed by atoms with Crippen molar-refractivity contribution in [2.75, 3.05) is 37.6 Å². The van der Waals surface area contributed by atoms with Crippen molar-refractivity contribution in [3.8, 4) is 0 Å². The second kappa shape index (κ2) is 6.71. The number of rotatable bonds is 4. The highest BCUT2D eigenvalue weighted by molar-refractivity contribution is 5.78. The van der Waals surface area contributed by atoms with E-state index in [9.17, 15) is 9.18 Å². The molecule has 1 heterocycles. The lowest BCUT2D eigenvalue weighted by molar-refractivity contribution is -0.123. The van der Waals surface area contributed by atoms with Gasteiger partial charge in [0, 0.05) is 37.9 Å². The van der Waals surface area contributed by atoms with Gasteiger partial charge in [0.15, 0.2) is 0 Å². The molecule has 2 saturated carbocycles. The molecular weight excluding hydrogens is 305 g/mol. The van der Waals surface area contributed by atoms with Gasteiger partial charge in [0.1, 0.15) is 5.82 Å². The Kier molecular flexibility index (Phi) is 4.44. The van der Waals surface area contributed by atoms with E-state index in [0.717, 1.165) is 43.7 Å². The topological polar surface area (TPSA) is 35.6 Å². The maximum Gasteiger partial charge on any atom is 0.234 e. The zero-order valence-electron chi connectivity index (χ0n) is 14.1. The first-order valence-electron chi connectivity index (χ1n) is 9.19. The van der Waals surface area contributed by atoms with E-state index in [4.69, 9.17) is 0 Å². The Hall–Kier alpha value is -1.62. The molecular formula is C19H26FN3O. The summed E-state index contributed by atoms with van der Waals surface area (Å²) in [4.78, 5) is 16.8. The highest BCUT2D eigenvalue weighted by atomic mass is 19.1. The number of hydrogen-bond acceptors (Lipinski definition) is 3. The molecule has 0 unspecified atom stereocenters. The van der Waals surface area contributed by atoms with Crippen LogP contribution in [0.25, 0.3) is 0 Å². The van der Waals surface area contributed by atoms with Crippen molar-refractivity contribution >= 4 is 11.6 Å². The molecule has 1 aromatic carbocycles. The predicted octanol–water partition coefficient (Wildman–Crippen LogP) is 2.25. The molecule has 4 nitrogen and oxygen atoms in total. The predicted molar refractivity (Wildman–Crippen MR) is 92.4 cm³/mol. The zero-order chi connectivity index (χ0) is 16.5. The lowest BCUT2D eigenvalue weighted by Crippen LogP contribution is -2.51. The SMILES string of the molecule is O=C(CN1CCN(c2ccc(F)cc2)CC1)N[C@@H]1C[C@H]2CC[C@@H]1C2. The van der Waals surface area contributed by atoms with Crippen molar-refractivity contribution in [2.24, 2.45) is 11.8 Å². The Morgan fingerprint density at radius 1 is 1.08 bits per heavy atom. The van der Waals surface area contributed by atoms with Gasteiger partial charge in [-0.1, -0.05) is 6.42 Å². The van der Waals surface area contributed by atoms with Gasteiger partial charge in [-0.15, -0.1) is 0 Å². The standard InChI is InChI=1S/C19H26FN3O/c20-16-3-5-17(6-4-16)23-9-7-22(8-10-23)13-19(24)21-18-12-14-1-2-15(18)11-14/h3-6,14-15,18H,1-2,7-13H2,(H,21,24)/t14-,15+,18+/m0/s1. The van der Waals surface area contributed by atoms with Crippen molar-refractivity contribution < 1.29 is 9.18 Å². The zero-order valence-corrected chi connectivity index (χ0v) is 14.1. The van der Waals surface area contributed by atoms with Crippen LogP contribution in [0.4, 0.5) is 10.1 Å². The van der Waals surface area contributed by atoms with Crippen molar-refractivity contribution in [1.82, 2.24) is 10.2 Å². The monoisotopic (exact) mass is 331 g/mol. The Morgan fingerprint density at radius 2 is 1.83 bits per heavy atom. The van der Waals surface area contributed by atoms with Gasteiger partial charge in [-0.2, -0.15) is 0 Å². The molecule has 0 aromatic heterocycles. The summed E-state index contributed by atoms with van der Waals surface area (Å²) in [5, 5.41) is 3.27. The summed E-state index contributed by atoms with van der Waals surface area (Å²) >= 11 is 0. The van der Waals surface area contributed by atoms with Gasteiger partial charge >= 0.3 is 0 Å². The third-order valence-corrected chi connectivity index (χ3v) is 6.02. The van der Waals surface area contributed by atoms with Gasteiger partial charge in [-0.05, 0) is 55.4 Å². The molecule has 3 fully saturated rings. The summed E-state index contributed by atoms with van der Waals surface area (Å²) in [6, 6.07) is 7.09. The molecule has 1 N–H and O–H groups in total. The van der Waals surface area contributed by atoms with Crippen LogP contribution in [0, 0.1) is 17.7 Å². The van der Waals surface area contributed by atoms with Gasteiger partial charge in [0.2, 0.25) is 5.91 Å². The van der Waals surface area contributed by atoms with Gasteiger partial charge in [0.05, 0.1) is 6.54 Å². The van der Waals surface area contributed by atoms with Crippen molar-refractivity contribution in [2.45, 2.75) is 31.7 Å². The summed E-state index contributed by atoms with van der Waals surface area (Å²) in [7, 11) is 0. The van der Waals surface area contributed by atoms with E-state index in [1.807, 2.05) is 12.1 Å². The first-order chi connectivity index (χ1) is 11.7. The Labute approximate surface area is 143 Å². The second-order valence-corrected chi connectivity index (χ2v) is 7.59. The molecule has 0 spiro atoms. The molecule has 1 aromatic rings. The van der Waals surface area contributed by atoms with Crippen LogP contribution in [0.1, 0.15) is 25.7 Å². The van der Waals surface area contributed by atoms with Crippen LogP contribution in [0.3, 0.4) is 0 Å². The van der Waals surface area contributed by atoms with Gasteiger partial charge in [-0.3, -0.25) is 9.69 Å². The molecule has 3 atom stereocenters. The molecule has 2 aliphatic carbocycles. The first kappa shape index (κ1) is 15.9. The van der Waals surface area contributed by atoms with E-state index < -0.39 is 0 Å². The molecule has 1 aliphatic heterocycles. The third-order valence-electron chi connectivity index (χ3n) is 6.02. The molecule has 130 valence electrons. The van der Waals surface area contributed by atoms with E-state index in [0.29, 0.717) is 12.6 Å². The summed E-state index contributed by atoms with van der Waals surface area (Å²) in [5.74, 6) is 1.58. The van der Waals surface area contributed by atoms with E-state index in [-0.39, 0.29) is 11.7 Å². The van der Waals surface area contributed by atoms with Crippen molar-refractivity contribution in [1.29, 1.82) is 0 Å². The minimum Gasteiger partial charge on any atom is -0.369 e. The lowest BCUT2D eigenvalue weighted by atomic mass is 9.95. The third kappa shape index (κ3) is 3.41. The normalized spacial score (nSPS) is 29.9. The van der Waals surface area contributed by atoms with E-state index in [2.05, 4.69) is 15.1 Å². The fourth-order valence-electron chi connectivity index (χ4n) is 4.69. The van der Waals surface area contributed by atoms with Gasteiger partial charge < -0.3 is 10.2 Å². The largest absolute Gasteiger partial charge is 0.369 e. The number of carbonyl (C=O) groups excluding carboxylic acids is 1. The van der Waals surface area contributed by atoms with Crippen LogP contribution in [0.15, 0.2) is 24.3 Å². The fourth-order valence-corrected chi connectivity index (χ4v) is 4.69. The van der Waals surface area contributed by atoms with E-state index >= 15 is 0 Å². The number of piperazine rings is 1. The van der Waals surface area contributed by atoms with E-state index in [1.165, 1.54) is 37.8 Å². The van der Waals surface area contributed by atoms with Crippen LogP contribution in [0.2, 0.25) is 0 Å². The van der Waals surface area contributed by atoms with Gasteiger partial charge in [0.25, 0.3) is 0 Å². The molecule has 1 amide bonds. The number of hydrogen-bond donors (Lipinski definition) is 1. The average molecular weight is 331 g/mol. The Balaban J connectivity index is 1.23. The second-order valence-electron chi connectivity index (χ2n) is 7.59. The van der Waals surface area contributed by atoms with Crippen LogP contribution in [0.5, 0.6) is 0 Å². The summed E-state index contributed by atoms with van der Waals surface area (Å²) < 4.78 is 13.0. The number of anilines is 1. The van der Waals surface area contributed by atoms with Crippen LogP contribution in [-0.2, 0) is 4.79 Å². The minimum absolute atomic E-state index is 0.183. The Morgan fingerprint density at radius 3 is 2.46 bits per heavy atom. The number of halogens is 1. The number of carbonyl (C=O) groups is 1. The Bertz CT molecular complexity index is 583. The van der Waals surface area contributed by atoms with Crippen molar-refractivity contribution in [3.63, 3.8) is 0 Å². The fraction of sp³-hybridized carbons (Fsp3) is 0.632. The molecule has 2 bridgehead atoms. The quantitative estimate of drug-likeness (QED) is 0.919. The summed E-state index contributed by atoms with van der Waals surface area (Å²) in [6.45, 7) is 4.02. The minimum atomic E-state index is -0.199. The summed E-state index contributed by atoms with van der Waals surface area (Å²) in [5.41, 5.74) is 1.06. The molecule has 24 heavy (non-hydrogen) atoms. The van der Waals surface area contributed by atoms with Gasteiger partial charge in [-0.25, -0.2) is 4.39 Å². The van der Waals surface area contributed by atoms with Crippen molar-refractivity contribution in [3.05, 3.63) is 30.1 Å². The molecule has 4 rings (SSSR count). The lowest BCUT2D eigenvalue weighted by Gasteiger charge is -2.36. The highest BCUT2D eigenvalue weighted by Gasteiger charge is 2.40. The summed E-state index contributed by atoms with van der Waals surface area (Å²) in [6.07, 6.45) is 5.17. The van der Waals surface area contributed by atoms with E-state index in [1.54, 1.807) is 0 Å². The molecule has 5 heteroatoms. The first-order valence-corrected chi connectivity index (χ1v) is 9.19. The number of benzene rings is 1. The smallest absolute Gasteiger partial charge is 0.234 e. The van der Waals surface area contributed by atoms with Crippen LogP contribution < -0.4 is 10.2 Å². The average Bonchev–Trinajstić information content (AvgIpc) is 3.19. The maximum atomic E-state index is 13.0. The number of nitrogens with zero attached hydrogens (tertiary/aromatic N) is 2. The maximum absolute atomic E-state index is 13.0. The molecule has 3 aliphatic rings. The van der Waals surface area contributed by atoms with Crippen LogP contribution in [-0.4, -0.2) is 49.6 Å². The highest BCUT2D eigenvalue weighted by Crippen LogP contribution is 2.44. The number of amides is 1. The van der Waals surface area contributed by atoms with Crippen LogP contribution >= 0.6 is 0 Å². The molecule has 1 saturated heterocycles.